The van der Waals surface area contributed by atoms with Crippen molar-refractivity contribution in [1.82, 2.24) is 9.80 Å². The number of nitrogens with zero attached hydrogens (tertiary/aromatic N) is 2. The molecule has 3 nitrogen and oxygen atoms in total. The number of halogens is 1. The third-order valence-corrected chi connectivity index (χ3v) is 4.43. The van der Waals surface area contributed by atoms with Gasteiger partial charge in [-0.2, -0.15) is 0 Å². The zero-order chi connectivity index (χ0) is 16.1. The number of rotatable bonds is 3. The number of carbonyl (C=O) groups is 1. The molecule has 1 aliphatic rings. The van der Waals surface area contributed by atoms with Gasteiger partial charge in [0.15, 0.2) is 0 Å². The molecule has 120 valence electrons. The van der Waals surface area contributed by atoms with Crippen molar-refractivity contribution in [3.05, 3.63) is 70.7 Å². The van der Waals surface area contributed by atoms with Crippen LogP contribution < -0.4 is 0 Å². The van der Waals surface area contributed by atoms with Gasteiger partial charge in [-0.3, -0.25) is 9.69 Å². The fourth-order valence-corrected chi connectivity index (χ4v) is 3.17. The fraction of sp³-hybridized carbons (Fsp3) is 0.316. The Bertz CT molecular complexity index is 659. The lowest BCUT2D eigenvalue weighted by Crippen LogP contribution is -2.35. The molecule has 0 N–H and O–H groups in total. The second-order valence-corrected chi connectivity index (χ2v) is 6.35. The van der Waals surface area contributed by atoms with Crippen LogP contribution in [-0.4, -0.2) is 41.9 Å². The molecule has 1 amide bonds. The Morgan fingerprint density at radius 2 is 1.78 bits per heavy atom. The molecule has 0 atom stereocenters. The van der Waals surface area contributed by atoms with E-state index in [0.29, 0.717) is 10.6 Å². The summed E-state index contributed by atoms with van der Waals surface area (Å²) in [6.07, 6.45) is 0.999. The Labute approximate surface area is 142 Å². The molecular formula is C19H21ClN2O. The number of benzene rings is 2. The second-order valence-electron chi connectivity index (χ2n) is 5.92. The summed E-state index contributed by atoms with van der Waals surface area (Å²) in [7, 11) is 0. The van der Waals surface area contributed by atoms with Crippen LogP contribution in [0.15, 0.2) is 54.6 Å². The monoisotopic (exact) mass is 328 g/mol. The van der Waals surface area contributed by atoms with Gasteiger partial charge in [-0.05, 0) is 30.2 Å². The smallest absolute Gasteiger partial charge is 0.253 e. The minimum absolute atomic E-state index is 0.0778. The summed E-state index contributed by atoms with van der Waals surface area (Å²) in [6, 6.07) is 17.7. The van der Waals surface area contributed by atoms with Gasteiger partial charge in [0.1, 0.15) is 0 Å². The van der Waals surface area contributed by atoms with Gasteiger partial charge in [0.2, 0.25) is 0 Å². The molecule has 2 aromatic carbocycles. The molecule has 1 fully saturated rings. The van der Waals surface area contributed by atoms with Crippen molar-refractivity contribution in [2.24, 2.45) is 0 Å². The topological polar surface area (TPSA) is 23.6 Å². The van der Waals surface area contributed by atoms with Gasteiger partial charge in [-0.25, -0.2) is 0 Å². The average molecular weight is 329 g/mol. The molecule has 0 spiro atoms. The van der Waals surface area contributed by atoms with E-state index in [2.05, 4.69) is 29.2 Å². The molecule has 23 heavy (non-hydrogen) atoms. The van der Waals surface area contributed by atoms with Gasteiger partial charge in [0, 0.05) is 43.3 Å². The molecule has 0 aliphatic carbocycles. The summed E-state index contributed by atoms with van der Waals surface area (Å²) in [5.74, 6) is 0.0778. The summed E-state index contributed by atoms with van der Waals surface area (Å²) in [5.41, 5.74) is 2.00. The molecule has 1 aliphatic heterocycles. The van der Waals surface area contributed by atoms with Crippen molar-refractivity contribution in [2.75, 3.05) is 26.2 Å². The Morgan fingerprint density at radius 1 is 0.957 bits per heavy atom. The van der Waals surface area contributed by atoms with Gasteiger partial charge in [-0.1, -0.05) is 48.0 Å². The van der Waals surface area contributed by atoms with Gasteiger partial charge in [0.25, 0.3) is 5.91 Å². The number of carbonyl (C=O) groups excluding carboxylic acids is 1. The van der Waals surface area contributed by atoms with Crippen molar-refractivity contribution in [1.29, 1.82) is 0 Å². The summed E-state index contributed by atoms with van der Waals surface area (Å²) < 4.78 is 0. The van der Waals surface area contributed by atoms with Crippen LogP contribution >= 0.6 is 11.6 Å². The van der Waals surface area contributed by atoms with Crippen LogP contribution in [0.5, 0.6) is 0 Å². The van der Waals surface area contributed by atoms with Crippen molar-refractivity contribution in [3.8, 4) is 0 Å². The van der Waals surface area contributed by atoms with E-state index in [1.54, 1.807) is 12.1 Å². The zero-order valence-electron chi connectivity index (χ0n) is 13.1. The SMILES string of the molecule is O=C(c1cccc(Cl)c1)N1CCCN(Cc2ccccc2)CC1. The molecule has 0 aromatic heterocycles. The van der Waals surface area contributed by atoms with E-state index in [4.69, 9.17) is 11.6 Å². The van der Waals surface area contributed by atoms with Crippen LogP contribution in [0.1, 0.15) is 22.3 Å². The van der Waals surface area contributed by atoms with Gasteiger partial charge < -0.3 is 4.90 Å². The first-order chi connectivity index (χ1) is 11.2. The molecule has 0 unspecified atom stereocenters. The third kappa shape index (κ3) is 4.34. The van der Waals surface area contributed by atoms with E-state index in [1.807, 2.05) is 23.1 Å². The molecular weight excluding hydrogens is 308 g/mol. The van der Waals surface area contributed by atoms with E-state index in [1.165, 1.54) is 5.56 Å². The maximum Gasteiger partial charge on any atom is 0.253 e. The van der Waals surface area contributed by atoms with Gasteiger partial charge in [0.05, 0.1) is 0 Å². The van der Waals surface area contributed by atoms with Crippen LogP contribution in [0.3, 0.4) is 0 Å². The predicted octanol–water partition coefficient (Wildman–Crippen LogP) is 3.69. The second kappa shape index (κ2) is 7.62. The first-order valence-electron chi connectivity index (χ1n) is 8.03. The molecule has 4 heteroatoms. The Balaban J connectivity index is 1.61. The van der Waals surface area contributed by atoms with Crippen LogP contribution in [0.4, 0.5) is 0 Å². The molecule has 0 bridgehead atoms. The van der Waals surface area contributed by atoms with Crippen LogP contribution in [0.2, 0.25) is 5.02 Å². The first-order valence-corrected chi connectivity index (χ1v) is 8.41. The Morgan fingerprint density at radius 3 is 2.57 bits per heavy atom. The van der Waals surface area contributed by atoms with Crippen LogP contribution in [0.25, 0.3) is 0 Å². The van der Waals surface area contributed by atoms with E-state index in [-0.39, 0.29) is 5.91 Å². The number of amides is 1. The predicted molar refractivity (Wildman–Crippen MR) is 93.7 cm³/mol. The molecule has 2 aromatic rings. The lowest BCUT2D eigenvalue weighted by Gasteiger charge is -2.22. The molecule has 0 saturated carbocycles. The van der Waals surface area contributed by atoms with Crippen molar-refractivity contribution in [3.63, 3.8) is 0 Å². The molecule has 1 saturated heterocycles. The lowest BCUT2D eigenvalue weighted by molar-refractivity contribution is 0.0761. The van der Waals surface area contributed by atoms with E-state index in [0.717, 1.165) is 39.1 Å². The maximum absolute atomic E-state index is 12.6. The highest BCUT2D eigenvalue weighted by molar-refractivity contribution is 6.30. The summed E-state index contributed by atoms with van der Waals surface area (Å²) in [6.45, 7) is 4.43. The van der Waals surface area contributed by atoms with Crippen molar-refractivity contribution >= 4 is 17.5 Å². The van der Waals surface area contributed by atoms with Crippen LogP contribution in [-0.2, 0) is 6.54 Å². The van der Waals surface area contributed by atoms with E-state index >= 15 is 0 Å². The molecule has 0 radical (unpaired) electrons. The van der Waals surface area contributed by atoms with Crippen LogP contribution in [0, 0.1) is 0 Å². The first kappa shape index (κ1) is 16.0. The summed E-state index contributed by atoms with van der Waals surface area (Å²) in [4.78, 5) is 17.0. The highest BCUT2D eigenvalue weighted by Gasteiger charge is 2.20. The molecule has 3 rings (SSSR count). The Kier molecular flexibility index (Phi) is 5.31. The largest absolute Gasteiger partial charge is 0.337 e. The highest BCUT2D eigenvalue weighted by atomic mass is 35.5. The summed E-state index contributed by atoms with van der Waals surface area (Å²) >= 11 is 5.99. The van der Waals surface area contributed by atoms with Gasteiger partial charge >= 0.3 is 0 Å². The maximum atomic E-state index is 12.6. The standard InChI is InChI=1S/C19H21ClN2O/c20-18-9-4-8-17(14-18)19(23)22-11-5-10-21(12-13-22)15-16-6-2-1-3-7-16/h1-4,6-9,14H,5,10-13,15H2. The number of hydrogen-bond acceptors (Lipinski definition) is 2. The van der Waals surface area contributed by atoms with Crippen molar-refractivity contribution < 1.29 is 4.79 Å². The van der Waals surface area contributed by atoms with E-state index < -0.39 is 0 Å². The minimum atomic E-state index is 0.0778. The minimum Gasteiger partial charge on any atom is -0.337 e. The molecule has 1 heterocycles. The Hall–Kier alpha value is -1.84. The quantitative estimate of drug-likeness (QED) is 0.858. The lowest BCUT2D eigenvalue weighted by atomic mass is 10.2. The highest BCUT2D eigenvalue weighted by Crippen LogP contribution is 2.15. The average Bonchev–Trinajstić information content (AvgIpc) is 2.81. The fourth-order valence-electron chi connectivity index (χ4n) is 2.98. The zero-order valence-corrected chi connectivity index (χ0v) is 13.9. The third-order valence-electron chi connectivity index (χ3n) is 4.20. The van der Waals surface area contributed by atoms with Gasteiger partial charge in [-0.15, -0.1) is 0 Å². The normalized spacial score (nSPS) is 16.1. The van der Waals surface area contributed by atoms with E-state index in [9.17, 15) is 4.79 Å². The summed E-state index contributed by atoms with van der Waals surface area (Å²) in [5, 5.41) is 0.608. The van der Waals surface area contributed by atoms with Crippen molar-refractivity contribution in [2.45, 2.75) is 13.0 Å². The number of hydrogen-bond donors (Lipinski definition) is 0.